The minimum atomic E-state index is -4.67. The summed E-state index contributed by atoms with van der Waals surface area (Å²) in [5, 5.41) is 9.52. The Kier molecular flexibility index (Phi) is 4.24. The molecule has 1 saturated heterocycles. The maximum atomic E-state index is 12.6. The number of aliphatic hydroxyl groups is 1. The number of piperidine rings is 1. The van der Waals surface area contributed by atoms with E-state index in [0.29, 0.717) is 5.56 Å². The number of nitrogens with zero attached hydrogens (tertiary/aromatic N) is 1. The van der Waals surface area contributed by atoms with Crippen molar-refractivity contribution in [3.63, 3.8) is 0 Å². The molecule has 6 heteroatoms. The van der Waals surface area contributed by atoms with Gasteiger partial charge in [0.15, 0.2) is 5.60 Å². The fraction of sp³-hybridized carbons (Fsp3) is 0.400. The van der Waals surface area contributed by atoms with Crippen LogP contribution in [0, 0.1) is 11.8 Å². The van der Waals surface area contributed by atoms with Crippen LogP contribution in [0.4, 0.5) is 13.2 Å². The summed E-state index contributed by atoms with van der Waals surface area (Å²) in [4.78, 5) is 13.1. The third kappa shape index (κ3) is 3.56. The zero-order chi connectivity index (χ0) is 15.5. The van der Waals surface area contributed by atoms with Crippen molar-refractivity contribution in [2.45, 2.75) is 24.6 Å². The Morgan fingerprint density at radius 2 is 1.76 bits per heavy atom. The summed E-state index contributed by atoms with van der Waals surface area (Å²) in [5.41, 5.74) is -2.04. The zero-order valence-corrected chi connectivity index (χ0v) is 11.2. The molecule has 1 aliphatic rings. The molecule has 1 N–H and O–H groups in total. The summed E-state index contributed by atoms with van der Waals surface area (Å²) in [6, 6.07) is 8.84. The van der Waals surface area contributed by atoms with Crippen LogP contribution in [0.25, 0.3) is 0 Å². The Morgan fingerprint density at radius 1 is 1.19 bits per heavy atom. The number of benzene rings is 1. The molecule has 0 aromatic heterocycles. The van der Waals surface area contributed by atoms with Gasteiger partial charge in [-0.15, -0.1) is 0 Å². The summed E-state index contributed by atoms with van der Waals surface area (Å²) in [7, 11) is 0. The average Bonchev–Trinajstić information content (AvgIpc) is 2.45. The van der Waals surface area contributed by atoms with Gasteiger partial charge in [-0.3, -0.25) is 4.79 Å². The molecule has 1 aliphatic heterocycles. The Morgan fingerprint density at radius 3 is 2.29 bits per heavy atom. The number of carbonyl (C=O) groups is 1. The van der Waals surface area contributed by atoms with E-state index in [1.54, 1.807) is 24.3 Å². The second-order valence-corrected chi connectivity index (χ2v) is 4.94. The smallest absolute Gasteiger partial charge is 0.380 e. The lowest BCUT2D eigenvalue weighted by atomic mass is 9.91. The number of likely N-dealkylation sites (tertiary alicyclic amines) is 1. The lowest BCUT2D eigenvalue weighted by Gasteiger charge is -2.38. The highest BCUT2D eigenvalue weighted by Crippen LogP contribution is 2.38. The Bertz CT molecular complexity index is 564. The van der Waals surface area contributed by atoms with Crippen LogP contribution in [0.3, 0.4) is 0 Å². The summed E-state index contributed by atoms with van der Waals surface area (Å²) in [6.07, 6.45) is -5.71. The second kappa shape index (κ2) is 5.78. The first-order chi connectivity index (χ1) is 9.82. The maximum Gasteiger partial charge on any atom is 0.417 e. The predicted molar refractivity (Wildman–Crippen MR) is 70.1 cm³/mol. The normalized spacial score (nSPS) is 17.8. The molecule has 112 valence electrons. The van der Waals surface area contributed by atoms with Crippen LogP contribution in [0.2, 0.25) is 0 Å². The van der Waals surface area contributed by atoms with Gasteiger partial charge < -0.3 is 10.0 Å². The van der Waals surface area contributed by atoms with Crippen LogP contribution in [0.5, 0.6) is 0 Å². The number of carbonyl (C=O) groups excluding carboxylic acids is 1. The lowest BCUT2D eigenvalue weighted by Crippen LogP contribution is -2.54. The molecular weight excluding hydrogens is 283 g/mol. The number of hydrogen-bond acceptors (Lipinski definition) is 2. The highest BCUT2D eigenvalue weighted by Gasteiger charge is 2.54. The van der Waals surface area contributed by atoms with Crippen molar-refractivity contribution in [1.82, 2.24) is 4.90 Å². The Labute approximate surface area is 120 Å². The monoisotopic (exact) mass is 297 g/mol. The molecule has 0 aliphatic carbocycles. The molecule has 1 aromatic carbocycles. The summed E-state index contributed by atoms with van der Waals surface area (Å²) in [6.45, 7) is -0.309. The maximum absolute atomic E-state index is 12.6. The number of alkyl halides is 3. The van der Waals surface area contributed by atoms with Crippen molar-refractivity contribution < 1.29 is 23.1 Å². The Balaban J connectivity index is 1.97. The molecular formula is C15H14F3NO2. The van der Waals surface area contributed by atoms with Gasteiger partial charge >= 0.3 is 6.18 Å². The standard InChI is InChI=1S/C15H14F3NO2/c16-15(17,18)14(21)8-10-19(11-9-14)13(20)7-6-12-4-2-1-3-5-12/h1-5,21H,8-11H2. The minimum Gasteiger partial charge on any atom is -0.380 e. The fourth-order valence-corrected chi connectivity index (χ4v) is 2.09. The third-order valence-corrected chi connectivity index (χ3v) is 3.49. The van der Waals surface area contributed by atoms with Crippen molar-refractivity contribution in [2.24, 2.45) is 0 Å². The van der Waals surface area contributed by atoms with Crippen LogP contribution < -0.4 is 0 Å². The molecule has 0 unspecified atom stereocenters. The first-order valence-corrected chi connectivity index (χ1v) is 6.47. The van der Waals surface area contributed by atoms with E-state index in [2.05, 4.69) is 11.8 Å². The SMILES string of the molecule is O=C(C#Cc1ccccc1)N1CCC(O)(C(F)(F)F)CC1. The van der Waals surface area contributed by atoms with Crippen molar-refractivity contribution in [3.8, 4) is 11.8 Å². The molecule has 21 heavy (non-hydrogen) atoms. The lowest BCUT2D eigenvalue weighted by molar-refractivity contribution is -0.271. The van der Waals surface area contributed by atoms with Crippen molar-refractivity contribution in [2.75, 3.05) is 13.1 Å². The number of amides is 1. The first kappa shape index (κ1) is 15.4. The first-order valence-electron chi connectivity index (χ1n) is 6.47. The molecule has 1 aromatic rings. The van der Waals surface area contributed by atoms with Gasteiger partial charge in [0.25, 0.3) is 5.91 Å². The highest BCUT2D eigenvalue weighted by atomic mass is 19.4. The van der Waals surface area contributed by atoms with E-state index in [1.165, 1.54) is 4.90 Å². The summed E-state index contributed by atoms with van der Waals surface area (Å²) in [5.74, 6) is 4.55. The Hall–Kier alpha value is -2.00. The molecule has 0 saturated carbocycles. The van der Waals surface area contributed by atoms with Gasteiger partial charge in [-0.25, -0.2) is 0 Å². The van der Waals surface area contributed by atoms with Crippen molar-refractivity contribution >= 4 is 5.91 Å². The molecule has 1 fully saturated rings. The molecule has 0 bridgehead atoms. The van der Waals surface area contributed by atoms with Crippen LogP contribution in [-0.4, -0.2) is 40.8 Å². The van der Waals surface area contributed by atoms with Crippen LogP contribution >= 0.6 is 0 Å². The topological polar surface area (TPSA) is 40.5 Å². The summed E-state index contributed by atoms with van der Waals surface area (Å²) >= 11 is 0. The molecule has 3 nitrogen and oxygen atoms in total. The van der Waals surface area contributed by atoms with Gasteiger partial charge in [0, 0.05) is 37.4 Å². The number of halogens is 3. The van der Waals surface area contributed by atoms with Crippen LogP contribution in [-0.2, 0) is 4.79 Å². The molecule has 2 rings (SSSR count). The highest BCUT2D eigenvalue weighted by molar-refractivity contribution is 5.94. The van der Waals surface area contributed by atoms with Gasteiger partial charge in [0.05, 0.1) is 0 Å². The minimum absolute atomic E-state index is 0.154. The molecule has 0 radical (unpaired) electrons. The molecule has 1 heterocycles. The van der Waals surface area contributed by atoms with E-state index in [-0.39, 0.29) is 13.1 Å². The van der Waals surface area contributed by atoms with E-state index in [1.807, 2.05) is 6.07 Å². The van der Waals surface area contributed by atoms with Gasteiger partial charge in [-0.1, -0.05) is 24.1 Å². The number of rotatable bonds is 0. The number of hydrogen-bond donors (Lipinski definition) is 1. The third-order valence-electron chi connectivity index (χ3n) is 3.49. The van der Waals surface area contributed by atoms with E-state index in [0.717, 1.165) is 0 Å². The zero-order valence-electron chi connectivity index (χ0n) is 11.2. The predicted octanol–water partition coefficient (Wildman–Crippen LogP) is 1.95. The van der Waals surface area contributed by atoms with Gasteiger partial charge in [0.1, 0.15) is 0 Å². The fourth-order valence-electron chi connectivity index (χ4n) is 2.09. The van der Waals surface area contributed by atoms with E-state index in [9.17, 15) is 23.1 Å². The molecule has 1 amide bonds. The van der Waals surface area contributed by atoms with Crippen molar-refractivity contribution in [3.05, 3.63) is 35.9 Å². The van der Waals surface area contributed by atoms with Gasteiger partial charge in [0.2, 0.25) is 0 Å². The summed E-state index contributed by atoms with van der Waals surface area (Å²) < 4.78 is 37.9. The van der Waals surface area contributed by atoms with E-state index >= 15 is 0 Å². The van der Waals surface area contributed by atoms with Gasteiger partial charge in [-0.2, -0.15) is 13.2 Å². The quantitative estimate of drug-likeness (QED) is 0.744. The van der Waals surface area contributed by atoms with Crippen LogP contribution in [0.1, 0.15) is 18.4 Å². The van der Waals surface area contributed by atoms with E-state index in [4.69, 9.17) is 0 Å². The van der Waals surface area contributed by atoms with Crippen molar-refractivity contribution in [1.29, 1.82) is 0 Å². The second-order valence-electron chi connectivity index (χ2n) is 4.94. The van der Waals surface area contributed by atoms with E-state index < -0.39 is 30.5 Å². The molecule has 0 spiro atoms. The van der Waals surface area contributed by atoms with Crippen LogP contribution in [0.15, 0.2) is 30.3 Å². The average molecular weight is 297 g/mol. The van der Waals surface area contributed by atoms with Gasteiger partial charge in [-0.05, 0) is 12.1 Å². The molecule has 0 atom stereocenters. The largest absolute Gasteiger partial charge is 0.417 e.